The highest BCUT2D eigenvalue weighted by atomic mass is 35.5. The molecule has 0 atom stereocenters. The van der Waals surface area contributed by atoms with Crippen molar-refractivity contribution < 1.29 is 4.74 Å². The minimum Gasteiger partial charge on any atom is -0.381 e. The Kier molecular flexibility index (Phi) is 4.99. The second kappa shape index (κ2) is 6.78. The lowest BCUT2D eigenvalue weighted by Crippen LogP contribution is -2.48. The third-order valence-electron chi connectivity index (χ3n) is 3.96. The van der Waals surface area contributed by atoms with Gasteiger partial charge in [-0.2, -0.15) is 0 Å². The van der Waals surface area contributed by atoms with Crippen LogP contribution >= 0.6 is 35.0 Å². The van der Waals surface area contributed by atoms with Crippen LogP contribution in [0.4, 0.5) is 0 Å². The van der Waals surface area contributed by atoms with Crippen molar-refractivity contribution in [3.63, 3.8) is 0 Å². The molecule has 1 N–H and O–H groups in total. The van der Waals surface area contributed by atoms with E-state index < -0.39 is 0 Å². The van der Waals surface area contributed by atoms with Crippen LogP contribution in [0.1, 0.15) is 18.4 Å². The Morgan fingerprint density at radius 1 is 1.29 bits per heavy atom. The van der Waals surface area contributed by atoms with Gasteiger partial charge in [-0.1, -0.05) is 41.0 Å². The molecule has 0 saturated carbocycles. The van der Waals surface area contributed by atoms with Gasteiger partial charge in [0.2, 0.25) is 0 Å². The maximum Gasteiger partial charge on any atom is 0.157 e. The topological polar surface area (TPSA) is 33.6 Å². The second-order valence-electron chi connectivity index (χ2n) is 5.48. The van der Waals surface area contributed by atoms with Gasteiger partial charge in [-0.25, -0.2) is 0 Å². The van der Waals surface area contributed by atoms with Gasteiger partial charge in [0.05, 0.1) is 5.54 Å². The van der Waals surface area contributed by atoms with Crippen molar-refractivity contribution in [1.29, 1.82) is 0 Å². The lowest BCUT2D eigenvalue weighted by Gasteiger charge is -2.32. The number of nitrogens with zero attached hydrogens (tertiary/aromatic N) is 1. The molecule has 0 aromatic heterocycles. The van der Waals surface area contributed by atoms with Crippen LogP contribution in [-0.2, 0) is 11.2 Å². The lowest BCUT2D eigenvalue weighted by molar-refractivity contribution is 0.0555. The molecule has 2 heterocycles. The number of halogens is 2. The van der Waals surface area contributed by atoms with E-state index in [2.05, 4.69) is 10.3 Å². The highest BCUT2D eigenvalue weighted by Crippen LogP contribution is 2.31. The van der Waals surface area contributed by atoms with Crippen molar-refractivity contribution in [3.8, 4) is 0 Å². The molecule has 2 fully saturated rings. The molecule has 114 valence electrons. The van der Waals surface area contributed by atoms with Crippen LogP contribution in [-0.4, -0.2) is 36.2 Å². The van der Waals surface area contributed by atoms with Gasteiger partial charge in [-0.15, -0.1) is 0 Å². The van der Waals surface area contributed by atoms with Crippen LogP contribution in [0.2, 0.25) is 10.0 Å². The molecule has 3 rings (SSSR count). The number of rotatable bonds is 3. The van der Waals surface area contributed by atoms with Crippen molar-refractivity contribution >= 4 is 40.1 Å². The summed E-state index contributed by atoms with van der Waals surface area (Å²) >= 11 is 13.9. The molecule has 6 heteroatoms. The van der Waals surface area contributed by atoms with Crippen molar-refractivity contribution in [2.45, 2.75) is 24.8 Å². The number of benzene rings is 1. The highest BCUT2D eigenvalue weighted by molar-refractivity contribution is 8.14. The maximum atomic E-state index is 6.17. The molecule has 0 aliphatic carbocycles. The first-order valence-corrected chi connectivity index (χ1v) is 8.88. The number of nitrogens with one attached hydrogen (secondary N) is 1. The Labute approximate surface area is 139 Å². The number of ether oxygens (including phenoxy) is 1. The average Bonchev–Trinajstić information content (AvgIpc) is 2.85. The first kappa shape index (κ1) is 15.5. The van der Waals surface area contributed by atoms with Crippen molar-refractivity contribution in [3.05, 3.63) is 33.8 Å². The first-order chi connectivity index (χ1) is 10.2. The fourth-order valence-electron chi connectivity index (χ4n) is 2.62. The van der Waals surface area contributed by atoms with E-state index in [4.69, 9.17) is 27.9 Å². The molecular formula is C15H18Cl2N2OS. The Bertz CT molecular complexity index is 544. The van der Waals surface area contributed by atoms with E-state index >= 15 is 0 Å². The molecule has 1 aromatic carbocycles. The molecule has 0 unspecified atom stereocenters. The van der Waals surface area contributed by atoms with E-state index in [1.54, 1.807) is 6.07 Å². The zero-order valence-corrected chi connectivity index (χ0v) is 14.0. The zero-order valence-electron chi connectivity index (χ0n) is 11.7. The maximum absolute atomic E-state index is 6.17. The van der Waals surface area contributed by atoms with E-state index in [-0.39, 0.29) is 5.54 Å². The fourth-order valence-corrected chi connectivity index (χ4v) is 4.37. The molecule has 0 radical (unpaired) electrons. The molecule has 21 heavy (non-hydrogen) atoms. The van der Waals surface area contributed by atoms with Crippen LogP contribution in [0.3, 0.4) is 0 Å². The van der Waals surface area contributed by atoms with E-state index in [1.807, 2.05) is 23.9 Å². The summed E-state index contributed by atoms with van der Waals surface area (Å²) in [5, 5.41) is 6.04. The van der Waals surface area contributed by atoms with Gasteiger partial charge in [0, 0.05) is 35.6 Å². The largest absolute Gasteiger partial charge is 0.381 e. The van der Waals surface area contributed by atoms with E-state index in [9.17, 15) is 0 Å². The third-order valence-corrected chi connectivity index (χ3v) is 5.75. The smallest absolute Gasteiger partial charge is 0.157 e. The van der Waals surface area contributed by atoms with Crippen LogP contribution in [0.5, 0.6) is 0 Å². The lowest BCUT2D eigenvalue weighted by atomic mass is 9.93. The van der Waals surface area contributed by atoms with Gasteiger partial charge >= 0.3 is 0 Å². The quantitative estimate of drug-likeness (QED) is 0.905. The molecular weight excluding hydrogens is 327 g/mol. The van der Waals surface area contributed by atoms with Crippen LogP contribution in [0.25, 0.3) is 0 Å². The average molecular weight is 345 g/mol. The second-order valence-corrected chi connectivity index (χ2v) is 7.29. The van der Waals surface area contributed by atoms with Crippen molar-refractivity contribution in [1.82, 2.24) is 5.32 Å². The highest BCUT2D eigenvalue weighted by Gasteiger charge is 2.38. The predicted molar refractivity (Wildman–Crippen MR) is 90.8 cm³/mol. The number of hydrogen-bond donors (Lipinski definition) is 1. The minimum absolute atomic E-state index is 0.208. The van der Waals surface area contributed by atoms with Crippen LogP contribution < -0.4 is 5.32 Å². The van der Waals surface area contributed by atoms with Gasteiger partial charge in [0.1, 0.15) is 0 Å². The summed E-state index contributed by atoms with van der Waals surface area (Å²) in [6, 6.07) is 5.63. The molecule has 2 aliphatic rings. The summed E-state index contributed by atoms with van der Waals surface area (Å²) < 4.78 is 5.44. The number of amidine groups is 1. The molecule has 3 nitrogen and oxygen atoms in total. The van der Waals surface area contributed by atoms with Gasteiger partial charge in [-0.3, -0.25) is 4.99 Å². The molecule has 2 aliphatic heterocycles. The molecule has 0 amide bonds. The standard InChI is InChI=1S/C15H18Cl2N2OS/c16-12-2-1-11(13(17)9-12)3-6-18-14-19-15(10-21-14)4-7-20-8-5-15/h1-2,9H,3-8,10H2,(H,18,19). The monoisotopic (exact) mass is 344 g/mol. The van der Waals surface area contributed by atoms with Crippen molar-refractivity contribution in [2.75, 3.05) is 25.5 Å². The minimum atomic E-state index is 0.208. The summed E-state index contributed by atoms with van der Waals surface area (Å²) in [5.74, 6) is 1.09. The summed E-state index contributed by atoms with van der Waals surface area (Å²) in [4.78, 5) is 4.67. The molecule has 0 bridgehead atoms. The predicted octanol–water partition coefficient (Wildman–Crippen LogP) is 3.78. The third kappa shape index (κ3) is 3.86. The summed E-state index contributed by atoms with van der Waals surface area (Å²) in [6.45, 7) is 2.44. The first-order valence-electron chi connectivity index (χ1n) is 7.14. The van der Waals surface area contributed by atoms with E-state index in [0.29, 0.717) is 5.02 Å². The van der Waals surface area contributed by atoms with E-state index in [1.165, 1.54) is 0 Å². The number of aliphatic imine (C=N–C) groups is 1. The molecule has 1 aromatic rings. The van der Waals surface area contributed by atoms with Gasteiger partial charge in [0.25, 0.3) is 0 Å². The summed E-state index contributed by atoms with van der Waals surface area (Å²) in [7, 11) is 0. The van der Waals surface area contributed by atoms with Crippen molar-refractivity contribution in [2.24, 2.45) is 4.99 Å². The fraction of sp³-hybridized carbons (Fsp3) is 0.533. The normalized spacial score (nSPS) is 22.7. The summed E-state index contributed by atoms with van der Waals surface area (Å²) in [5.41, 5.74) is 1.30. The Hall–Kier alpha value is -0.420. The van der Waals surface area contributed by atoms with Gasteiger partial charge in [0.15, 0.2) is 5.17 Å². The Morgan fingerprint density at radius 3 is 2.86 bits per heavy atom. The molecule has 1 spiro atoms. The SMILES string of the molecule is Clc1ccc(CCN=C2NC3(CCOCC3)CS2)c(Cl)c1. The van der Waals surface area contributed by atoms with Crippen LogP contribution in [0.15, 0.2) is 23.2 Å². The Morgan fingerprint density at radius 2 is 2.10 bits per heavy atom. The number of hydrogen-bond acceptors (Lipinski definition) is 3. The Balaban J connectivity index is 1.55. The van der Waals surface area contributed by atoms with Gasteiger partial charge in [-0.05, 0) is 37.0 Å². The van der Waals surface area contributed by atoms with Gasteiger partial charge < -0.3 is 10.1 Å². The summed E-state index contributed by atoms with van der Waals surface area (Å²) in [6.07, 6.45) is 2.97. The zero-order chi connectivity index (χ0) is 14.7. The van der Waals surface area contributed by atoms with E-state index in [0.717, 1.165) is 60.5 Å². The molecule has 2 saturated heterocycles. The number of thioether (sulfide) groups is 1. The van der Waals surface area contributed by atoms with Crippen LogP contribution in [0, 0.1) is 0 Å².